The van der Waals surface area contributed by atoms with Gasteiger partial charge in [0.15, 0.2) is 0 Å². The van der Waals surface area contributed by atoms with Crippen molar-refractivity contribution in [3.05, 3.63) is 63.4 Å². The van der Waals surface area contributed by atoms with E-state index in [9.17, 15) is 5.11 Å². The fraction of sp³-hybridized carbons (Fsp3) is 0.353. The highest BCUT2D eigenvalue weighted by Gasteiger charge is 2.46. The van der Waals surface area contributed by atoms with Gasteiger partial charge in [0.1, 0.15) is 6.10 Å². The minimum absolute atomic E-state index is 0.298. The first kappa shape index (κ1) is 14.8. The van der Waals surface area contributed by atoms with Crippen molar-refractivity contribution in [1.29, 1.82) is 0 Å². The molecule has 1 N–H and O–H groups in total. The summed E-state index contributed by atoms with van der Waals surface area (Å²) in [5.74, 6) is 0. The molecule has 1 saturated carbocycles. The fourth-order valence-corrected chi connectivity index (χ4v) is 3.43. The van der Waals surface area contributed by atoms with E-state index in [2.05, 4.69) is 4.98 Å². The molecule has 4 heteroatoms. The summed E-state index contributed by atoms with van der Waals surface area (Å²) in [5.41, 5.74) is 2.51. The Balaban J connectivity index is 2.04. The quantitative estimate of drug-likeness (QED) is 0.876. The Bertz CT molecular complexity index is 668. The lowest BCUT2D eigenvalue weighted by Crippen LogP contribution is -2.41. The lowest BCUT2D eigenvalue weighted by molar-refractivity contribution is 0.0233. The molecule has 2 aromatic rings. The molecular weight excluding hydrogens is 305 g/mol. The molecule has 110 valence electrons. The second kappa shape index (κ2) is 5.60. The molecule has 1 fully saturated rings. The van der Waals surface area contributed by atoms with Crippen molar-refractivity contribution in [1.82, 2.24) is 4.98 Å². The van der Waals surface area contributed by atoms with Crippen LogP contribution >= 0.6 is 23.2 Å². The molecule has 0 spiro atoms. The number of nitrogens with zero attached hydrogens (tertiary/aromatic N) is 1. The number of hydrogen-bond donors (Lipinski definition) is 1. The van der Waals surface area contributed by atoms with Gasteiger partial charge in [-0.3, -0.25) is 4.98 Å². The Kier molecular flexibility index (Phi) is 3.96. The SMILES string of the molecule is Cc1cccnc1C(O)C1(c2ccc(Cl)c(Cl)c2)CCC1. The first-order valence-electron chi connectivity index (χ1n) is 7.10. The third kappa shape index (κ3) is 2.46. The normalized spacial score (nSPS) is 18.1. The van der Waals surface area contributed by atoms with E-state index < -0.39 is 6.10 Å². The number of pyridine rings is 1. The van der Waals surface area contributed by atoms with Crippen LogP contribution < -0.4 is 0 Å². The first-order chi connectivity index (χ1) is 10.0. The molecule has 1 aliphatic carbocycles. The van der Waals surface area contributed by atoms with Crippen molar-refractivity contribution in [2.24, 2.45) is 0 Å². The van der Waals surface area contributed by atoms with Crippen molar-refractivity contribution >= 4 is 23.2 Å². The van der Waals surface area contributed by atoms with Gasteiger partial charge in [-0.1, -0.05) is 41.8 Å². The highest BCUT2D eigenvalue weighted by atomic mass is 35.5. The van der Waals surface area contributed by atoms with Crippen LogP contribution in [0.15, 0.2) is 36.5 Å². The summed E-state index contributed by atoms with van der Waals surface area (Å²) < 4.78 is 0. The van der Waals surface area contributed by atoms with E-state index in [4.69, 9.17) is 23.2 Å². The molecule has 1 aromatic heterocycles. The van der Waals surface area contributed by atoms with Gasteiger partial charge in [-0.15, -0.1) is 0 Å². The number of aromatic nitrogens is 1. The van der Waals surface area contributed by atoms with E-state index in [0.29, 0.717) is 10.0 Å². The van der Waals surface area contributed by atoms with Crippen molar-refractivity contribution in [3.63, 3.8) is 0 Å². The van der Waals surface area contributed by atoms with Gasteiger partial charge in [0, 0.05) is 11.6 Å². The third-order valence-corrected chi connectivity index (χ3v) is 5.31. The maximum absolute atomic E-state index is 10.9. The highest BCUT2D eigenvalue weighted by Crippen LogP contribution is 2.52. The van der Waals surface area contributed by atoms with Gasteiger partial charge < -0.3 is 5.11 Å². The fourth-order valence-electron chi connectivity index (χ4n) is 3.13. The molecule has 1 heterocycles. The molecule has 21 heavy (non-hydrogen) atoms. The van der Waals surface area contributed by atoms with Gasteiger partial charge >= 0.3 is 0 Å². The Morgan fingerprint density at radius 1 is 1.19 bits per heavy atom. The first-order valence-corrected chi connectivity index (χ1v) is 7.85. The number of halogens is 2. The van der Waals surface area contributed by atoms with Crippen LogP contribution in [0.4, 0.5) is 0 Å². The summed E-state index contributed by atoms with van der Waals surface area (Å²) >= 11 is 12.2. The summed E-state index contributed by atoms with van der Waals surface area (Å²) in [5, 5.41) is 12.0. The van der Waals surface area contributed by atoms with Crippen LogP contribution in [0.2, 0.25) is 10.0 Å². The van der Waals surface area contributed by atoms with E-state index >= 15 is 0 Å². The second-order valence-electron chi connectivity index (χ2n) is 5.75. The number of aliphatic hydroxyl groups excluding tert-OH is 1. The molecule has 1 atom stereocenters. The predicted octanol–water partition coefficient (Wildman–Crippen LogP) is 4.85. The van der Waals surface area contributed by atoms with Crippen LogP contribution in [0.25, 0.3) is 0 Å². The van der Waals surface area contributed by atoms with Crippen LogP contribution in [0.5, 0.6) is 0 Å². The molecule has 3 rings (SSSR count). The average molecular weight is 322 g/mol. The minimum atomic E-state index is -0.621. The zero-order chi connectivity index (χ0) is 15.0. The lowest BCUT2D eigenvalue weighted by Gasteiger charge is -2.46. The molecule has 0 aliphatic heterocycles. The number of aliphatic hydroxyl groups is 1. The second-order valence-corrected chi connectivity index (χ2v) is 6.56. The van der Waals surface area contributed by atoms with E-state index in [1.54, 1.807) is 12.3 Å². The molecule has 1 aliphatic rings. The van der Waals surface area contributed by atoms with Gasteiger partial charge in [-0.25, -0.2) is 0 Å². The maximum atomic E-state index is 10.9. The summed E-state index contributed by atoms with van der Waals surface area (Å²) in [6.45, 7) is 1.98. The number of benzene rings is 1. The number of hydrogen-bond acceptors (Lipinski definition) is 2. The maximum Gasteiger partial charge on any atom is 0.106 e. The Labute approximate surface area is 134 Å². The Morgan fingerprint density at radius 3 is 2.52 bits per heavy atom. The summed E-state index contributed by atoms with van der Waals surface area (Å²) in [6.07, 6.45) is 4.07. The smallest absolute Gasteiger partial charge is 0.106 e. The molecule has 0 amide bonds. The van der Waals surface area contributed by atoms with Crippen molar-refractivity contribution < 1.29 is 5.11 Å². The highest BCUT2D eigenvalue weighted by molar-refractivity contribution is 6.42. The van der Waals surface area contributed by atoms with Gasteiger partial charge in [0.2, 0.25) is 0 Å². The number of rotatable bonds is 3. The van der Waals surface area contributed by atoms with E-state index in [-0.39, 0.29) is 5.41 Å². The average Bonchev–Trinajstić information content (AvgIpc) is 2.42. The third-order valence-electron chi connectivity index (χ3n) is 4.57. The van der Waals surface area contributed by atoms with E-state index in [1.807, 2.05) is 31.2 Å². The van der Waals surface area contributed by atoms with Gasteiger partial charge in [-0.05, 0) is 49.1 Å². The van der Waals surface area contributed by atoms with Crippen LogP contribution in [0.3, 0.4) is 0 Å². The monoisotopic (exact) mass is 321 g/mol. The minimum Gasteiger partial charge on any atom is -0.386 e. The Hall–Kier alpha value is -1.09. The van der Waals surface area contributed by atoms with E-state index in [0.717, 1.165) is 36.1 Å². The number of aryl methyl sites for hydroxylation is 1. The zero-order valence-electron chi connectivity index (χ0n) is 11.8. The van der Waals surface area contributed by atoms with Gasteiger partial charge in [0.05, 0.1) is 15.7 Å². The van der Waals surface area contributed by atoms with Gasteiger partial charge in [0.25, 0.3) is 0 Å². The molecule has 2 nitrogen and oxygen atoms in total. The topological polar surface area (TPSA) is 33.1 Å². The van der Waals surface area contributed by atoms with Gasteiger partial charge in [-0.2, -0.15) is 0 Å². The lowest BCUT2D eigenvalue weighted by atomic mass is 9.60. The predicted molar refractivity (Wildman–Crippen MR) is 85.9 cm³/mol. The summed E-state index contributed by atoms with van der Waals surface area (Å²) in [7, 11) is 0. The summed E-state index contributed by atoms with van der Waals surface area (Å²) in [6, 6.07) is 9.52. The van der Waals surface area contributed by atoms with Crippen LogP contribution in [0.1, 0.15) is 42.2 Å². The molecule has 1 aromatic carbocycles. The molecule has 0 saturated heterocycles. The zero-order valence-corrected chi connectivity index (χ0v) is 13.3. The molecule has 0 bridgehead atoms. The van der Waals surface area contributed by atoms with Crippen LogP contribution in [-0.2, 0) is 5.41 Å². The van der Waals surface area contributed by atoms with Crippen molar-refractivity contribution in [2.45, 2.75) is 37.7 Å². The van der Waals surface area contributed by atoms with Crippen LogP contribution in [0, 0.1) is 6.92 Å². The Morgan fingerprint density at radius 2 is 1.95 bits per heavy atom. The van der Waals surface area contributed by atoms with Crippen molar-refractivity contribution in [3.8, 4) is 0 Å². The van der Waals surface area contributed by atoms with Crippen LogP contribution in [-0.4, -0.2) is 10.1 Å². The largest absolute Gasteiger partial charge is 0.386 e. The standard InChI is InChI=1S/C17H17Cl2NO/c1-11-4-2-9-20-15(11)16(21)17(7-3-8-17)12-5-6-13(18)14(19)10-12/h2,4-6,9-10,16,21H,3,7-8H2,1H3. The van der Waals surface area contributed by atoms with E-state index in [1.165, 1.54) is 0 Å². The molecule has 0 radical (unpaired) electrons. The summed E-state index contributed by atoms with van der Waals surface area (Å²) in [4.78, 5) is 4.38. The molecule has 1 unspecified atom stereocenters. The molecular formula is C17H17Cl2NO. The van der Waals surface area contributed by atoms with Crippen molar-refractivity contribution in [2.75, 3.05) is 0 Å².